The zero-order chi connectivity index (χ0) is 16.7. The van der Waals surface area contributed by atoms with Crippen LogP contribution in [0.2, 0.25) is 0 Å². The Balaban J connectivity index is 2.05. The molecule has 2 aromatic carbocycles. The fourth-order valence-electron chi connectivity index (χ4n) is 1.93. The van der Waals surface area contributed by atoms with Crippen molar-refractivity contribution in [1.82, 2.24) is 0 Å². The van der Waals surface area contributed by atoms with Crippen molar-refractivity contribution in [3.05, 3.63) is 65.7 Å². The number of ketones is 1. The van der Waals surface area contributed by atoms with Gasteiger partial charge >= 0.3 is 5.97 Å². The molecule has 0 fully saturated rings. The number of aliphatic carboxylic acids is 1. The second-order valence-electron chi connectivity index (χ2n) is 4.69. The van der Waals surface area contributed by atoms with Crippen LogP contribution < -0.4 is 9.47 Å². The van der Waals surface area contributed by atoms with Crippen LogP contribution >= 0.6 is 0 Å². The van der Waals surface area contributed by atoms with Gasteiger partial charge in [0.25, 0.3) is 5.78 Å². The van der Waals surface area contributed by atoms with E-state index in [0.717, 1.165) is 17.2 Å². The van der Waals surface area contributed by atoms with Crippen LogP contribution in [0.3, 0.4) is 0 Å². The number of carbonyl (C=O) groups excluding carboxylic acids is 1. The van der Waals surface area contributed by atoms with Crippen LogP contribution in [0, 0.1) is 0 Å². The summed E-state index contributed by atoms with van der Waals surface area (Å²) in [5.74, 6) is -1.15. The Hall–Kier alpha value is -3.08. The molecule has 0 aliphatic heterocycles. The van der Waals surface area contributed by atoms with E-state index in [1.54, 1.807) is 13.2 Å². The predicted octanol–water partition coefficient (Wildman–Crippen LogP) is 2.94. The molecule has 0 radical (unpaired) electrons. The van der Waals surface area contributed by atoms with E-state index in [4.69, 9.17) is 14.6 Å². The van der Waals surface area contributed by atoms with Gasteiger partial charge in [0.2, 0.25) is 0 Å². The van der Waals surface area contributed by atoms with Crippen molar-refractivity contribution in [2.24, 2.45) is 0 Å². The second-order valence-corrected chi connectivity index (χ2v) is 4.69. The van der Waals surface area contributed by atoms with Gasteiger partial charge in [0.05, 0.1) is 7.11 Å². The highest BCUT2D eigenvalue weighted by molar-refractivity contribution is 6.38. The van der Waals surface area contributed by atoms with Crippen molar-refractivity contribution < 1.29 is 24.2 Å². The average molecular weight is 312 g/mol. The third kappa shape index (κ3) is 4.71. The first-order valence-corrected chi connectivity index (χ1v) is 6.90. The molecule has 0 amide bonds. The number of para-hydroxylation sites is 2. The Bertz CT molecular complexity index is 734. The molecule has 0 heterocycles. The largest absolute Gasteiger partial charge is 0.493 e. The molecule has 0 aliphatic carbocycles. The maximum Gasteiger partial charge on any atom is 0.376 e. The van der Waals surface area contributed by atoms with Crippen LogP contribution in [-0.2, 0) is 16.2 Å². The van der Waals surface area contributed by atoms with Gasteiger partial charge in [0.1, 0.15) is 6.61 Å². The third-order valence-corrected chi connectivity index (χ3v) is 3.05. The highest BCUT2D eigenvalue weighted by atomic mass is 16.5. The topological polar surface area (TPSA) is 72.8 Å². The van der Waals surface area contributed by atoms with Crippen molar-refractivity contribution in [3.63, 3.8) is 0 Å². The van der Waals surface area contributed by atoms with Crippen molar-refractivity contribution in [2.45, 2.75) is 6.61 Å². The first-order valence-electron chi connectivity index (χ1n) is 6.90. The number of benzene rings is 2. The molecule has 0 bridgehead atoms. The van der Waals surface area contributed by atoms with Crippen LogP contribution in [0.25, 0.3) is 6.08 Å². The highest BCUT2D eigenvalue weighted by Crippen LogP contribution is 2.26. The number of hydrogen-bond acceptors (Lipinski definition) is 4. The maximum atomic E-state index is 11.1. The fraction of sp³-hybridized carbons (Fsp3) is 0.111. The van der Waals surface area contributed by atoms with E-state index in [-0.39, 0.29) is 0 Å². The van der Waals surface area contributed by atoms with Crippen LogP contribution in [-0.4, -0.2) is 24.0 Å². The summed E-state index contributed by atoms with van der Waals surface area (Å²) in [4.78, 5) is 21.5. The summed E-state index contributed by atoms with van der Waals surface area (Å²) in [5, 5.41) is 8.54. The van der Waals surface area contributed by atoms with Crippen LogP contribution in [0.15, 0.2) is 54.6 Å². The summed E-state index contributed by atoms with van der Waals surface area (Å²) in [6, 6.07) is 14.6. The summed E-state index contributed by atoms with van der Waals surface area (Å²) in [5.41, 5.74) is 1.61. The quantitative estimate of drug-likeness (QED) is 0.628. The lowest BCUT2D eigenvalue weighted by Gasteiger charge is -2.10. The molecule has 0 saturated heterocycles. The summed E-state index contributed by atoms with van der Waals surface area (Å²) >= 11 is 0. The molecule has 0 spiro atoms. The van der Waals surface area contributed by atoms with Gasteiger partial charge in [-0.25, -0.2) is 4.79 Å². The molecule has 0 saturated carbocycles. The standard InChI is InChI=1S/C18H16O5/c1-22-16-7-2-3-8-17(16)23-12-14-6-4-5-13(11-14)9-10-15(19)18(20)21/h2-11H,12H2,1H3,(H,20,21)/b10-9+. The van der Waals surface area contributed by atoms with Crippen molar-refractivity contribution in [1.29, 1.82) is 0 Å². The molecule has 2 rings (SSSR count). The minimum absolute atomic E-state index is 0.328. The van der Waals surface area contributed by atoms with Crippen LogP contribution in [0.1, 0.15) is 11.1 Å². The Morgan fingerprint density at radius 1 is 1.09 bits per heavy atom. The van der Waals surface area contributed by atoms with Crippen LogP contribution in [0.5, 0.6) is 11.5 Å². The third-order valence-electron chi connectivity index (χ3n) is 3.05. The molecule has 5 nitrogen and oxygen atoms in total. The van der Waals surface area contributed by atoms with E-state index < -0.39 is 11.8 Å². The Morgan fingerprint density at radius 2 is 1.83 bits per heavy atom. The summed E-state index contributed by atoms with van der Waals surface area (Å²) < 4.78 is 10.9. The molecule has 0 aliphatic rings. The molecule has 1 N–H and O–H groups in total. The molecule has 0 aromatic heterocycles. The highest BCUT2D eigenvalue weighted by Gasteiger charge is 2.06. The maximum absolute atomic E-state index is 11.1. The number of methoxy groups -OCH3 is 1. The SMILES string of the molecule is COc1ccccc1OCc1cccc(/C=C/C(=O)C(=O)O)c1. The van der Waals surface area contributed by atoms with E-state index >= 15 is 0 Å². The summed E-state index contributed by atoms with van der Waals surface area (Å²) in [7, 11) is 1.58. The Kier molecular flexibility index (Phi) is 5.52. The number of carboxylic acids is 1. The number of hydrogen-bond donors (Lipinski definition) is 1. The van der Waals surface area contributed by atoms with E-state index in [1.165, 1.54) is 6.08 Å². The minimum atomic E-state index is -1.48. The smallest absolute Gasteiger partial charge is 0.376 e. The number of rotatable bonds is 7. The van der Waals surface area contributed by atoms with E-state index in [1.807, 2.05) is 42.5 Å². The van der Waals surface area contributed by atoms with Gasteiger partial charge in [-0.1, -0.05) is 36.4 Å². The monoisotopic (exact) mass is 312 g/mol. The first kappa shape index (κ1) is 16.3. The van der Waals surface area contributed by atoms with E-state index in [9.17, 15) is 9.59 Å². The van der Waals surface area contributed by atoms with Gasteiger partial charge in [0, 0.05) is 0 Å². The second kappa shape index (κ2) is 7.79. The minimum Gasteiger partial charge on any atom is -0.493 e. The van der Waals surface area contributed by atoms with Crippen LogP contribution in [0.4, 0.5) is 0 Å². The van der Waals surface area contributed by atoms with Gasteiger partial charge in [0.15, 0.2) is 11.5 Å². The first-order chi connectivity index (χ1) is 11.1. The van der Waals surface area contributed by atoms with Gasteiger partial charge in [-0.3, -0.25) is 4.79 Å². The lowest BCUT2D eigenvalue weighted by Crippen LogP contribution is -2.08. The fourth-order valence-corrected chi connectivity index (χ4v) is 1.93. The van der Waals surface area contributed by atoms with Crippen molar-refractivity contribution in [3.8, 4) is 11.5 Å². The number of ether oxygens (including phenoxy) is 2. The zero-order valence-electron chi connectivity index (χ0n) is 12.6. The van der Waals surface area contributed by atoms with Gasteiger partial charge in [-0.05, 0) is 35.4 Å². The number of carbonyl (C=O) groups is 2. The normalized spacial score (nSPS) is 10.5. The van der Waals surface area contributed by atoms with Gasteiger partial charge < -0.3 is 14.6 Å². The lowest BCUT2D eigenvalue weighted by atomic mass is 10.1. The molecule has 0 unspecified atom stereocenters. The predicted molar refractivity (Wildman–Crippen MR) is 85.4 cm³/mol. The van der Waals surface area contributed by atoms with Gasteiger partial charge in [-0.2, -0.15) is 0 Å². The molecule has 2 aromatic rings. The van der Waals surface area contributed by atoms with Gasteiger partial charge in [-0.15, -0.1) is 0 Å². The Labute approximate surface area is 133 Å². The average Bonchev–Trinajstić information content (AvgIpc) is 2.58. The van der Waals surface area contributed by atoms with E-state index in [2.05, 4.69) is 0 Å². The lowest BCUT2D eigenvalue weighted by molar-refractivity contribution is -0.146. The molecule has 118 valence electrons. The summed E-state index contributed by atoms with van der Waals surface area (Å²) in [6.45, 7) is 0.328. The Morgan fingerprint density at radius 3 is 2.52 bits per heavy atom. The molecule has 5 heteroatoms. The molecular formula is C18H16O5. The number of carboxylic acid groups (broad SMARTS) is 1. The molecule has 23 heavy (non-hydrogen) atoms. The zero-order valence-corrected chi connectivity index (χ0v) is 12.6. The molecule has 0 atom stereocenters. The van der Waals surface area contributed by atoms with Crippen molar-refractivity contribution >= 4 is 17.8 Å². The van der Waals surface area contributed by atoms with Crippen molar-refractivity contribution in [2.75, 3.05) is 7.11 Å². The molecular weight excluding hydrogens is 296 g/mol. The summed E-state index contributed by atoms with van der Waals surface area (Å²) in [6.07, 6.45) is 2.49. The van der Waals surface area contributed by atoms with E-state index in [0.29, 0.717) is 18.1 Å².